The average Bonchev–Trinajstić information content (AvgIpc) is 3.14. The molecule has 0 radical (unpaired) electrons. The first-order valence-electron chi connectivity index (χ1n) is 9.49. The van der Waals surface area contributed by atoms with Gasteiger partial charge in [-0.15, -0.1) is 24.0 Å². The monoisotopic (exact) mass is 457 g/mol. The van der Waals surface area contributed by atoms with Crippen LogP contribution in [0.3, 0.4) is 0 Å². The molecule has 2 aliphatic heterocycles. The first-order chi connectivity index (χ1) is 11.8. The Morgan fingerprint density at radius 1 is 1.20 bits per heavy atom. The van der Waals surface area contributed by atoms with Crippen LogP contribution >= 0.6 is 24.0 Å². The van der Waals surface area contributed by atoms with Gasteiger partial charge in [-0.2, -0.15) is 0 Å². The molecule has 6 heteroatoms. The molecule has 5 nitrogen and oxygen atoms in total. The predicted octanol–water partition coefficient (Wildman–Crippen LogP) is 3.50. The molecule has 1 aromatic rings. The molecule has 0 aliphatic carbocycles. The Hall–Kier alpha value is -1.05. The first-order valence-corrected chi connectivity index (χ1v) is 9.49. The highest BCUT2D eigenvalue weighted by atomic mass is 127. The van der Waals surface area contributed by atoms with Crippen LogP contribution in [0.25, 0.3) is 0 Å². The van der Waals surface area contributed by atoms with Crippen molar-refractivity contribution in [2.45, 2.75) is 46.1 Å². The standard InChI is InChI=1S/C19H31N5.HI/c1-3-20-19(24-12-8-16(2)9-13-24)22-15-17-6-7-18(21-14-17)23-10-4-5-11-23;/h6-7,14,16H,3-5,8-13,15H2,1-2H3,(H,20,22);1H. The quantitative estimate of drug-likeness (QED) is 0.427. The molecule has 3 rings (SSSR count). The summed E-state index contributed by atoms with van der Waals surface area (Å²) in [6.07, 6.45) is 7.08. The van der Waals surface area contributed by atoms with Gasteiger partial charge >= 0.3 is 0 Å². The van der Waals surface area contributed by atoms with Gasteiger partial charge in [0.15, 0.2) is 5.96 Å². The minimum Gasteiger partial charge on any atom is -0.357 e. The molecule has 2 saturated heterocycles. The highest BCUT2D eigenvalue weighted by molar-refractivity contribution is 14.0. The number of piperidine rings is 1. The number of rotatable bonds is 4. The van der Waals surface area contributed by atoms with Crippen LogP contribution in [-0.2, 0) is 6.54 Å². The van der Waals surface area contributed by atoms with Crippen LogP contribution in [0.1, 0.15) is 45.1 Å². The fraction of sp³-hybridized carbons (Fsp3) is 0.684. The summed E-state index contributed by atoms with van der Waals surface area (Å²) in [5.41, 5.74) is 1.18. The number of hydrogen-bond donors (Lipinski definition) is 1. The van der Waals surface area contributed by atoms with Crippen LogP contribution in [0.2, 0.25) is 0 Å². The number of likely N-dealkylation sites (tertiary alicyclic amines) is 1. The van der Waals surface area contributed by atoms with Gasteiger partial charge in [0.2, 0.25) is 0 Å². The zero-order valence-corrected chi connectivity index (χ0v) is 17.9. The summed E-state index contributed by atoms with van der Waals surface area (Å²) in [6, 6.07) is 4.32. The fourth-order valence-corrected chi connectivity index (χ4v) is 3.46. The SMILES string of the molecule is CCNC(=NCc1ccc(N2CCCC2)nc1)N1CCC(C)CC1.I. The zero-order chi connectivity index (χ0) is 16.8. The number of guanidine groups is 1. The molecule has 1 N–H and O–H groups in total. The summed E-state index contributed by atoms with van der Waals surface area (Å²) in [6.45, 7) is 10.6. The van der Waals surface area contributed by atoms with Crippen molar-refractivity contribution in [1.82, 2.24) is 15.2 Å². The molecule has 140 valence electrons. The molecule has 0 unspecified atom stereocenters. The molecule has 0 spiro atoms. The Kier molecular flexibility index (Phi) is 8.26. The van der Waals surface area contributed by atoms with Gasteiger partial charge in [-0.05, 0) is 50.2 Å². The number of anilines is 1. The average molecular weight is 457 g/mol. The van der Waals surface area contributed by atoms with E-state index in [1.54, 1.807) is 0 Å². The van der Waals surface area contributed by atoms with Crippen LogP contribution in [0, 0.1) is 5.92 Å². The van der Waals surface area contributed by atoms with Crippen molar-refractivity contribution in [1.29, 1.82) is 0 Å². The maximum atomic E-state index is 4.84. The van der Waals surface area contributed by atoms with Crippen LogP contribution in [0.5, 0.6) is 0 Å². The van der Waals surface area contributed by atoms with Gasteiger partial charge in [-0.1, -0.05) is 13.0 Å². The highest BCUT2D eigenvalue weighted by Crippen LogP contribution is 2.18. The molecule has 0 bridgehead atoms. The van der Waals surface area contributed by atoms with E-state index in [4.69, 9.17) is 4.99 Å². The largest absolute Gasteiger partial charge is 0.357 e. The summed E-state index contributed by atoms with van der Waals surface area (Å²) >= 11 is 0. The lowest BCUT2D eigenvalue weighted by Gasteiger charge is -2.33. The van der Waals surface area contributed by atoms with Gasteiger partial charge in [0.1, 0.15) is 5.82 Å². The van der Waals surface area contributed by atoms with E-state index in [2.05, 4.69) is 46.1 Å². The van der Waals surface area contributed by atoms with Gasteiger partial charge in [0.05, 0.1) is 6.54 Å². The molecule has 0 atom stereocenters. The smallest absolute Gasteiger partial charge is 0.194 e. The lowest BCUT2D eigenvalue weighted by Crippen LogP contribution is -2.45. The molecule has 25 heavy (non-hydrogen) atoms. The summed E-state index contributed by atoms with van der Waals surface area (Å²) in [7, 11) is 0. The Morgan fingerprint density at radius 3 is 2.52 bits per heavy atom. The lowest BCUT2D eigenvalue weighted by atomic mass is 10.00. The third-order valence-corrected chi connectivity index (χ3v) is 5.07. The second-order valence-corrected chi connectivity index (χ2v) is 7.06. The number of aliphatic imine (C=N–C) groups is 1. The van der Waals surface area contributed by atoms with Crippen molar-refractivity contribution in [3.05, 3.63) is 23.9 Å². The van der Waals surface area contributed by atoms with Crippen molar-refractivity contribution in [2.75, 3.05) is 37.6 Å². The van der Waals surface area contributed by atoms with Crippen molar-refractivity contribution < 1.29 is 0 Å². The lowest BCUT2D eigenvalue weighted by molar-refractivity contribution is 0.273. The molecule has 0 aromatic carbocycles. The molecular formula is C19H32IN5. The van der Waals surface area contributed by atoms with Gasteiger partial charge < -0.3 is 15.1 Å². The second-order valence-electron chi connectivity index (χ2n) is 7.06. The summed E-state index contributed by atoms with van der Waals surface area (Å²) in [4.78, 5) is 14.2. The normalized spacial score (nSPS) is 19.0. The van der Waals surface area contributed by atoms with Gasteiger partial charge in [-0.25, -0.2) is 9.98 Å². The molecular weight excluding hydrogens is 425 g/mol. The molecule has 2 aliphatic rings. The van der Waals surface area contributed by atoms with E-state index in [0.29, 0.717) is 6.54 Å². The third-order valence-electron chi connectivity index (χ3n) is 5.07. The van der Waals surface area contributed by atoms with Crippen molar-refractivity contribution in [3.63, 3.8) is 0 Å². The number of nitrogens with zero attached hydrogens (tertiary/aromatic N) is 4. The van der Waals surface area contributed by atoms with E-state index in [-0.39, 0.29) is 24.0 Å². The van der Waals surface area contributed by atoms with Crippen LogP contribution in [-0.4, -0.2) is 48.6 Å². The first kappa shape index (κ1) is 20.3. The molecule has 0 saturated carbocycles. The van der Waals surface area contributed by atoms with E-state index >= 15 is 0 Å². The van der Waals surface area contributed by atoms with Crippen LogP contribution in [0.15, 0.2) is 23.3 Å². The minimum absolute atomic E-state index is 0. The van der Waals surface area contributed by atoms with Crippen molar-refractivity contribution >= 4 is 35.8 Å². The van der Waals surface area contributed by atoms with Crippen LogP contribution in [0.4, 0.5) is 5.82 Å². The second kappa shape index (κ2) is 10.2. The molecule has 2 fully saturated rings. The maximum absolute atomic E-state index is 4.84. The van der Waals surface area contributed by atoms with Gasteiger partial charge in [0.25, 0.3) is 0 Å². The minimum atomic E-state index is 0. The fourth-order valence-electron chi connectivity index (χ4n) is 3.46. The number of halogens is 1. The number of nitrogens with one attached hydrogen (secondary N) is 1. The third kappa shape index (κ3) is 5.72. The van der Waals surface area contributed by atoms with E-state index < -0.39 is 0 Å². The van der Waals surface area contributed by atoms with Crippen LogP contribution < -0.4 is 10.2 Å². The van der Waals surface area contributed by atoms with Crippen molar-refractivity contribution in [3.8, 4) is 0 Å². The van der Waals surface area contributed by atoms with E-state index in [1.807, 2.05) is 6.20 Å². The Labute approximate surface area is 169 Å². The number of pyridine rings is 1. The number of aromatic nitrogens is 1. The topological polar surface area (TPSA) is 43.8 Å². The maximum Gasteiger partial charge on any atom is 0.194 e. The summed E-state index contributed by atoms with van der Waals surface area (Å²) < 4.78 is 0. The van der Waals surface area contributed by atoms with Gasteiger partial charge in [-0.3, -0.25) is 0 Å². The zero-order valence-electron chi connectivity index (χ0n) is 15.6. The Balaban J connectivity index is 0.00000225. The summed E-state index contributed by atoms with van der Waals surface area (Å²) in [5, 5.41) is 3.44. The van der Waals surface area contributed by atoms with E-state index in [0.717, 1.165) is 50.4 Å². The van der Waals surface area contributed by atoms with Gasteiger partial charge in [0, 0.05) is 38.9 Å². The van der Waals surface area contributed by atoms with E-state index in [1.165, 1.54) is 31.2 Å². The molecule has 0 amide bonds. The Bertz CT molecular complexity index is 531. The van der Waals surface area contributed by atoms with E-state index in [9.17, 15) is 0 Å². The molecule has 1 aromatic heterocycles. The predicted molar refractivity (Wildman–Crippen MR) is 116 cm³/mol. The molecule has 3 heterocycles. The Morgan fingerprint density at radius 2 is 1.92 bits per heavy atom. The highest BCUT2D eigenvalue weighted by Gasteiger charge is 2.18. The van der Waals surface area contributed by atoms with Crippen molar-refractivity contribution in [2.24, 2.45) is 10.9 Å². The summed E-state index contributed by atoms with van der Waals surface area (Å²) in [5.74, 6) is 3.00. The number of hydrogen-bond acceptors (Lipinski definition) is 3.